The van der Waals surface area contributed by atoms with Gasteiger partial charge in [0.2, 0.25) is 0 Å². The molecule has 3 rings (SSSR count). The lowest BCUT2D eigenvalue weighted by molar-refractivity contribution is 0.0881. The number of rotatable bonds is 7. The summed E-state index contributed by atoms with van der Waals surface area (Å²) >= 11 is 12.4. The molecule has 4 atom stereocenters. The molecule has 1 fully saturated rings. The Morgan fingerprint density at radius 3 is 2.56 bits per heavy atom. The third-order valence-corrected chi connectivity index (χ3v) is 7.08. The van der Waals surface area contributed by atoms with Gasteiger partial charge >= 0.3 is 6.03 Å². The molecule has 0 aromatic heterocycles. The van der Waals surface area contributed by atoms with E-state index >= 15 is 4.39 Å². The predicted molar refractivity (Wildman–Crippen MR) is 138 cm³/mol. The van der Waals surface area contributed by atoms with Crippen LogP contribution in [0.2, 0.25) is 10.0 Å². The van der Waals surface area contributed by atoms with Gasteiger partial charge in [-0.2, -0.15) is 5.26 Å². The van der Waals surface area contributed by atoms with Crippen LogP contribution in [0.4, 0.5) is 9.18 Å². The van der Waals surface area contributed by atoms with E-state index in [1.165, 1.54) is 12.1 Å². The number of halogens is 3. The second-order valence-electron chi connectivity index (χ2n) is 10.5. The fourth-order valence-corrected chi connectivity index (χ4v) is 5.54. The van der Waals surface area contributed by atoms with Crippen molar-refractivity contribution < 1.29 is 19.4 Å². The SMILES string of the molecule is CC(C)(C)C[C@@H]1CN(C(=O)NCC[C@H](O)CO)[C@H](c2cccc(Cl)c2)[C@@]1(C#N)c1ccc(Cl)cc1F. The normalized spacial score (nSPS) is 22.8. The summed E-state index contributed by atoms with van der Waals surface area (Å²) in [5, 5.41) is 33.0. The minimum absolute atomic E-state index is 0.123. The van der Waals surface area contributed by atoms with Crippen molar-refractivity contribution in [1.29, 1.82) is 5.26 Å². The van der Waals surface area contributed by atoms with Gasteiger partial charge in [0, 0.05) is 34.6 Å². The van der Waals surface area contributed by atoms with Crippen molar-refractivity contribution in [2.75, 3.05) is 19.7 Å². The molecular formula is C27H32Cl2FN3O3. The lowest BCUT2D eigenvalue weighted by atomic mass is 9.63. The number of nitriles is 1. The third kappa shape index (κ3) is 5.95. The lowest BCUT2D eigenvalue weighted by Crippen LogP contribution is -2.44. The standard InChI is InChI=1S/C27H32Cl2FN3O3/c1-26(2,3)13-18-14-33(25(36)32-10-9-21(35)15-34)24(17-5-4-6-19(28)11-17)27(18,16-31)22-8-7-20(29)12-23(22)30/h4-8,11-12,18,21,24,34-35H,9-10,13-15H2,1-3H3,(H,32,36)/t18-,21+,24-,27-/m1/s1. The van der Waals surface area contributed by atoms with Gasteiger partial charge in [0.1, 0.15) is 11.2 Å². The van der Waals surface area contributed by atoms with E-state index in [1.807, 2.05) is 20.8 Å². The first-order valence-corrected chi connectivity index (χ1v) is 12.6. The number of amides is 2. The maximum absolute atomic E-state index is 15.5. The third-order valence-electron chi connectivity index (χ3n) is 6.61. The summed E-state index contributed by atoms with van der Waals surface area (Å²) in [6, 6.07) is 12.4. The van der Waals surface area contributed by atoms with Gasteiger partial charge < -0.3 is 20.4 Å². The molecule has 194 valence electrons. The zero-order chi connectivity index (χ0) is 26.7. The van der Waals surface area contributed by atoms with E-state index in [4.69, 9.17) is 28.3 Å². The van der Waals surface area contributed by atoms with Crippen LogP contribution in [0.25, 0.3) is 0 Å². The van der Waals surface area contributed by atoms with Crippen LogP contribution in [-0.4, -0.2) is 46.9 Å². The molecule has 1 heterocycles. The fourth-order valence-electron chi connectivity index (χ4n) is 5.18. The zero-order valence-electron chi connectivity index (χ0n) is 20.6. The molecule has 0 aliphatic carbocycles. The molecule has 2 aromatic rings. The number of benzene rings is 2. The molecule has 1 aliphatic rings. The zero-order valence-corrected chi connectivity index (χ0v) is 22.2. The Balaban J connectivity index is 2.19. The van der Waals surface area contributed by atoms with Crippen LogP contribution in [0.3, 0.4) is 0 Å². The summed E-state index contributed by atoms with van der Waals surface area (Å²) in [4.78, 5) is 15.0. The van der Waals surface area contributed by atoms with Crippen LogP contribution in [0.1, 0.15) is 50.8 Å². The molecule has 0 spiro atoms. The Bertz CT molecular complexity index is 1130. The van der Waals surface area contributed by atoms with Crippen molar-refractivity contribution in [2.24, 2.45) is 11.3 Å². The molecule has 1 saturated heterocycles. The number of carbonyl (C=O) groups is 1. The molecule has 1 aliphatic heterocycles. The van der Waals surface area contributed by atoms with E-state index < -0.39 is 41.9 Å². The van der Waals surface area contributed by atoms with E-state index in [0.717, 1.165) is 0 Å². The Kier molecular flexibility index (Phi) is 8.89. The van der Waals surface area contributed by atoms with Gasteiger partial charge in [-0.3, -0.25) is 0 Å². The largest absolute Gasteiger partial charge is 0.394 e. The average Bonchev–Trinajstić information content (AvgIpc) is 3.12. The first-order chi connectivity index (χ1) is 16.9. The summed E-state index contributed by atoms with van der Waals surface area (Å²) in [7, 11) is 0. The summed E-state index contributed by atoms with van der Waals surface area (Å²) in [5.74, 6) is -1.01. The number of nitrogens with one attached hydrogen (secondary N) is 1. The van der Waals surface area contributed by atoms with Gasteiger partial charge in [-0.05, 0) is 48.1 Å². The quantitative estimate of drug-likeness (QED) is 0.438. The molecule has 36 heavy (non-hydrogen) atoms. The van der Waals surface area contributed by atoms with Crippen LogP contribution < -0.4 is 5.32 Å². The van der Waals surface area contributed by atoms with Gasteiger partial charge in [0.05, 0.1) is 24.8 Å². The van der Waals surface area contributed by atoms with Gasteiger partial charge in [0.15, 0.2) is 0 Å². The number of nitrogens with zero attached hydrogens (tertiary/aromatic N) is 2. The smallest absolute Gasteiger partial charge is 0.317 e. The van der Waals surface area contributed by atoms with Gasteiger partial charge in [-0.25, -0.2) is 9.18 Å². The van der Waals surface area contributed by atoms with E-state index in [2.05, 4.69) is 11.4 Å². The lowest BCUT2D eigenvalue weighted by Gasteiger charge is -2.38. The minimum Gasteiger partial charge on any atom is -0.394 e. The van der Waals surface area contributed by atoms with Crippen molar-refractivity contribution >= 4 is 29.2 Å². The van der Waals surface area contributed by atoms with Crippen molar-refractivity contribution in [2.45, 2.75) is 51.2 Å². The van der Waals surface area contributed by atoms with E-state index in [1.54, 1.807) is 35.2 Å². The molecule has 0 radical (unpaired) electrons. The maximum Gasteiger partial charge on any atom is 0.317 e. The monoisotopic (exact) mass is 535 g/mol. The number of hydrogen-bond acceptors (Lipinski definition) is 4. The second kappa shape index (κ2) is 11.4. The van der Waals surface area contributed by atoms with Crippen LogP contribution in [0.5, 0.6) is 0 Å². The molecule has 2 amide bonds. The van der Waals surface area contributed by atoms with E-state index in [0.29, 0.717) is 17.0 Å². The van der Waals surface area contributed by atoms with Crippen LogP contribution in [0, 0.1) is 28.5 Å². The van der Waals surface area contributed by atoms with Crippen LogP contribution in [-0.2, 0) is 5.41 Å². The van der Waals surface area contributed by atoms with Crippen LogP contribution >= 0.6 is 23.2 Å². The molecule has 0 bridgehead atoms. The molecule has 2 aromatic carbocycles. The molecular weight excluding hydrogens is 504 g/mol. The molecule has 3 N–H and O–H groups in total. The maximum atomic E-state index is 15.5. The summed E-state index contributed by atoms with van der Waals surface area (Å²) in [6.07, 6.45) is -0.242. The molecule has 9 heteroatoms. The number of carbonyl (C=O) groups excluding carboxylic acids is 1. The Labute approximate surface area is 221 Å². The average molecular weight is 536 g/mol. The number of hydrogen-bond donors (Lipinski definition) is 3. The van der Waals surface area contributed by atoms with Crippen molar-refractivity contribution in [3.8, 4) is 6.07 Å². The fraction of sp³-hybridized carbons (Fsp3) is 0.481. The highest BCUT2D eigenvalue weighted by Crippen LogP contribution is 2.55. The highest BCUT2D eigenvalue weighted by atomic mass is 35.5. The second-order valence-corrected chi connectivity index (χ2v) is 11.4. The number of aliphatic hydroxyl groups excluding tert-OH is 2. The van der Waals surface area contributed by atoms with E-state index in [-0.39, 0.29) is 35.5 Å². The first kappa shape index (κ1) is 28.2. The van der Waals surface area contributed by atoms with E-state index in [9.17, 15) is 15.2 Å². The topological polar surface area (TPSA) is 96.6 Å². The number of urea groups is 1. The highest BCUT2D eigenvalue weighted by molar-refractivity contribution is 6.30. The Morgan fingerprint density at radius 2 is 1.97 bits per heavy atom. The van der Waals surface area contributed by atoms with Crippen molar-refractivity contribution in [1.82, 2.24) is 10.2 Å². The van der Waals surface area contributed by atoms with Gasteiger partial charge in [0.25, 0.3) is 0 Å². The first-order valence-electron chi connectivity index (χ1n) is 11.9. The van der Waals surface area contributed by atoms with Crippen LogP contribution in [0.15, 0.2) is 42.5 Å². The Morgan fingerprint density at radius 1 is 1.28 bits per heavy atom. The molecule has 0 saturated carbocycles. The Hall–Kier alpha value is -2.37. The molecule has 6 nitrogen and oxygen atoms in total. The minimum atomic E-state index is -1.42. The predicted octanol–water partition coefficient (Wildman–Crippen LogP) is 5.46. The molecule has 0 unspecified atom stereocenters. The summed E-state index contributed by atoms with van der Waals surface area (Å²) in [6.45, 7) is 6.05. The van der Waals surface area contributed by atoms with Gasteiger partial charge in [-0.15, -0.1) is 0 Å². The van der Waals surface area contributed by atoms with Crippen molar-refractivity contribution in [3.63, 3.8) is 0 Å². The highest BCUT2D eigenvalue weighted by Gasteiger charge is 2.59. The van der Waals surface area contributed by atoms with Crippen molar-refractivity contribution in [3.05, 3.63) is 69.5 Å². The number of aliphatic hydroxyl groups is 2. The summed E-state index contributed by atoms with van der Waals surface area (Å²) in [5.41, 5.74) is -0.846. The van der Waals surface area contributed by atoms with Gasteiger partial charge in [-0.1, -0.05) is 62.2 Å². The number of likely N-dealkylation sites (tertiary alicyclic amines) is 1. The summed E-state index contributed by atoms with van der Waals surface area (Å²) < 4.78 is 15.5.